The van der Waals surface area contributed by atoms with Crippen molar-refractivity contribution in [1.82, 2.24) is 10.3 Å². The first-order valence-electron chi connectivity index (χ1n) is 8.14. The number of nitrogens with one attached hydrogen (secondary N) is 1. The highest BCUT2D eigenvalue weighted by atomic mass is 16.5. The molecule has 0 aliphatic carbocycles. The molecule has 0 radical (unpaired) electrons. The van der Waals surface area contributed by atoms with Crippen LogP contribution in [0.25, 0.3) is 11.3 Å². The zero-order chi connectivity index (χ0) is 17.9. The quantitative estimate of drug-likeness (QED) is 0.873. The summed E-state index contributed by atoms with van der Waals surface area (Å²) in [5.41, 5.74) is 2.14. The first-order chi connectivity index (χ1) is 12.0. The molecule has 0 bridgehead atoms. The molecule has 1 atom stereocenters. The fourth-order valence-corrected chi connectivity index (χ4v) is 3.17. The highest BCUT2D eigenvalue weighted by molar-refractivity contribution is 5.98. The van der Waals surface area contributed by atoms with Crippen molar-refractivity contribution in [2.24, 2.45) is 0 Å². The van der Waals surface area contributed by atoms with Gasteiger partial charge in [0.15, 0.2) is 0 Å². The van der Waals surface area contributed by atoms with Crippen molar-refractivity contribution in [3.05, 3.63) is 53.7 Å². The fraction of sp³-hybridized carbons (Fsp3) is 0.316. The molecule has 1 aliphatic rings. The molecule has 130 valence electrons. The summed E-state index contributed by atoms with van der Waals surface area (Å²) in [5.74, 6) is -1.24. The Morgan fingerprint density at radius 3 is 2.76 bits per heavy atom. The van der Waals surface area contributed by atoms with Crippen molar-refractivity contribution in [3.63, 3.8) is 0 Å². The largest absolute Gasteiger partial charge is 0.481 e. The van der Waals surface area contributed by atoms with E-state index in [9.17, 15) is 9.59 Å². The number of carboxylic acids is 1. The van der Waals surface area contributed by atoms with E-state index >= 15 is 0 Å². The van der Waals surface area contributed by atoms with Crippen LogP contribution < -0.4 is 5.32 Å². The number of nitrogens with zero attached hydrogens (tertiary/aromatic N) is 1. The number of aromatic nitrogens is 1. The minimum atomic E-state index is -0.954. The van der Waals surface area contributed by atoms with Crippen molar-refractivity contribution in [2.75, 3.05) is 13.2 Å². The van der Waals surface area contributed by atoms with Crippen LogP contribution in [0.3, 0.4) is 0 Å². The molecular weight excluding hydrogens is 320 g/mol. The highest BCUT2D eigenvalue weighted by Crippen LogP contribution is 2.27. The first kappa shape index (κ1) is 17.1. The van der Waals surface area contributed by atoms with Crippen molar-refractivity contribution in [3.8, 4) is 11.3 Å². The lowest BCUT2D eigenvalue weighted by molar-refractivity contribution is -0.138. The molecule has 1 aliphatic heterocycles. The summed E-state index contributed by atoms with van der Waals surface area (Å²) in [6, 6.07) is 11.1. The Labute approximate surface area is 145 Å². The van der Waals surface area contributed by atoms with Crippen LogP contribution in [0, 0.1) is 6.92 Å². The standard InChI is InChI=1S/C19H20N2O4/c1-13-14(16-7-2-3-9-20-16)5-4-6-15(13)18(24)21-19(11-17(22)23)8-10-25-12-19/h2-7,9H,8,10-12H2,1H3,(H,21,24)(H,22,23). The molecular formula is C19H20N2O4. The van der Waals surface area contributed by atoms with Gasteiger partial charge in [0.2, 0.25) is 0 Å². The smallest absolute Gasteiger partial charge is 0.305 e. The van der Waals surface area contributed by atoms with Crippen LogP contribution in [0.1, 0.15) is 28.8 Å². The molecule has 1 fully saturated rings. The van der Waals surface area contributed by atoms with Gasteiger partial charge >= 0.3 is 5.97 Å². The second-order valence-corrected chi connectivity index (χ2v) is 6.30. The molecule has 1 aromatic heterocycles. The molecule has 1 amide bonds. The number of rotatable bonds is 5. The first-order valence-corrected chi connectivity index (χ1v) is 8.14. The molecule has 6 nitrogen and oxygen atoms in total. The molecule has 6 heteroatoms. The summed E-state index contributed by atoms with van der Waals surface area (Å²) < 4.78 is 5.33. The van der Waals surface area contributed by atoms with Gasteiger partial charge < -0.3 is 15.2 Å². The van der Waals surface area contributed by atoms with Crippen LogP contribution in [0.4, 0.5) is 0 Å². The molecule has 0 spiro atoms. The van der Waals surface area contributed by atoms with Gasteiger partial charge in [-0.2, -0.15) is 0 Å². The SMILES string of the molecule is Cc1c(C(=O)NC2(CC(=O)O)CCOC2)cccc1-c1ccccn1. The molecule has 25 heavy (non-hydrogen) atoms. The van der Waals surface area contributed by atoms with Gasteiger partial charge in [-0.1, -0.05) is 18.2 Å². The summed E-state index contributed by atoms with van der Waals surface area (Å²) in [6.07, 6.45) is 2.04. The van der Waals surface area contributed by atoms with Gasteiger partial charge in [-0.25, -0.2) is 0 Å². The van der Waals surface area contributed by atoms with Gasteiger partial charge in [0.05, 0.1) is 24.3 Å². The van der Waals surface area contributed by atoms with E-state index in [2.05, 4.69) is 10.3 Å². The molecule has 1 saturated heterocycles. The van der Waals surface area contributed by atoms with Crippen molar-refractivity contribution in [2.45, 2.75) is 25.3 Å². The van der Waals surface area contributed by atoms with Crippen LogP contribution in [-0.2, 0) is 9.53 Å². The second kappa shape index (κ2) is 7.03. The van der Waals surface area contributed by atoms with E-state index in [1.165, 1.54) is 0 Å². The molecule has 3 rings (SSSR count). The number of benzene rings is 1. The predicted octanol–water partition coefficient (Wildman–Crippen LogP) is 2.42. The van der Waals surface area contributed by atoms with Crippen LogP contribution in [0.5, 0.6) is 0 Å². The number of ether oxygens (including phenoxy) is 1. The van der Waals surface area contributed by atoms with E-state index in [1.54, 1.807) is 18.3 Å². The molecule has 2 heterocycles. The number of hydrogen-bond donors (Lipinski definition) is 2. The van der Waals surface area contributed by atoms with E-state index in [0.29, 0.717) is 18.6 Å². The molecule has 0 saturated carbocycles. The van der Waals surface area contributed by atoms with E-state index in [0.717, 1.165) is 16.8 Å². The van der Waals surface area contributed by atoms with Gasteiger partial charge in [-0.3, -0.25) is 14.6 Å². The maximum absolute atomic E-state index is 12.8. The zero-order valence-corrected chi connectivity index (χ0v) is 14.0. The van der Waals surface area contributed by atoms with E-state index in [4.69, 9.17) is 9.84 Å². The third-order valence-corrected chi connectivity index (χ3v) is 4.49. The fourth-order valence-electron chi connectivity index (χ4n) is 3.17. The van der Waals surface area contributed by atoms with Crippen molar-refractivity contribution in [1.29, 1.82) is 0 Å². The molecule has 1 aromatic carbocycles. The minimum absolute atomic E-state index is 0.155. The van der Waals surface area contributed by atoms with E-state index < -0.39 is 11.5 Å². The zero-order valence-electron chi connectivity index (χ0n) is 14.0. The average Bonchev–Trinajstić information content (AvgIpc) is 3.03. The Hall–Kier alpha value is -2.73. The van der Waals surface area contributed by atoms with Crippen LogP contribution in [0.15, 0.2) is 42.6 Å². The molecule has 2 N–H and O–H groups in total. The number of carbonyl (C=O) groups excluding carboxylic acids is 1. The Bertz CT molecular complexity index is 783. The summed E-state index contributed by atoms with van der Waals surface area (Å²) >= 11 is 0. The Balaban J connectivity index is 1.89. The van der Waals surface area contributed by atoms with Crippen LogP contribution in [-0.4, -0.2) is 40.7 Å². The van der Waals surface area contributed by atoms with Gasteiger partial charge in [-0.05, 0) is 37.1 Å². The third kappa shape index (κ3) is 3.69. The number of carbonyl (C=O) groups is 2. The summed E-state index contributed by atoms with van der Waals surface area (Å²) in [6.45, 7) is 2.53. The van der Waals surface area contributed by atoms with E-state index in [-0.39, 0.29) is 18.9 Å². The number of amides is 1. The average molecular weight is 340 g/mol. The van der Waals surface area contributed by atoms with Gasteiger partial charge in [0.25, 0.3) is 5.91 Å². The van der Waals surface area contributed by atoms with Gasteiger partial charge in [0.1, 0.15) is 0 Å². The monoisotopic (exact) mass is 340 g/mol. The normalized spacial score (nSPS) is 19.6. The van der Waals surface area contributed by atoms with E-state index in [1.807, 2.05) is 31.2 Å². The lowest BCUT2D eigenvalue weighted by atomic mass is 9.92. The van der Waals surface area contributed by atoms with Crippen molar-refractivity contribution < 1.29 is 19.4 Å². The number of hydrogen-bond acceptors (Lipinski definition) is 4. The highest BCUT2D eigenvalue weighted by Gasteiger charge is 2.39. The van der Waals surface area contributed by atoms with Crippen LogP contribution in [0.2, 0.25) is 0 Å². The maximum Gasteiger partial charge on any atom is 0.305 e. The minimum Gasteiger partial charge on any atom is -0.481 e. The number of pyridine rings is 1. The number of carboxylic acid groups (broad SMARTS) is 1. The predicted molar refractivity (Wildman–Crippen MR) is 92.3 cm³/mol. The summed E-state index contributed by atoms with van der Waals surface area (Å²) in [4.78, 5) is 28.3. The lowest BCUT2D eigenvalue weighted by Crippen LogP contribution is -2.50. The maximum atomic E-state index is 12.8. The van der Waals surface area contributed by atoms with Gasteiger partial charge in [-0.15, -0.1) is 0 Å². The lowest BCUT2D eigenvalue weighted by Gasteiger charge is -2.27. The number of aliphatic carboxylic acids is 1. The third-order valence-electron chi connectivity index (χ3n) is 4.49. The van der Waals surface area contributed by atoms with Gasteiger partial charge in [0, 0.05) is 23.9 Å². The summed E-state index contributed by atoms with van der Waals surface area (Å²) in [5, 5.41) is 12.0. The Morgan fingerprint density at radius 1 is 1.28 bits per heavy atom. The van der Waals surface area contributed by atoms with Crippen molar-refractivity contribution >= 4 is 11.9 Å². The Morgan fingerprint density at radius 2 is 2.12 bits per heavy atom. The molecule has 1 unspecified atom stereocenters. The topological polar surface area (TPSA) is 88.5 Å². The second-order valence-electron chi connectivity index (χ2n) is 6.30. The van der Waals surface area contributed by atoms with Crippen LogP contribution >= 0.6 is 0 Å². The molecule has 2 aromatic rings. The Kier molecular flexibility index (Phi) is 4.81. The summed E-state index contributed by atoms with van der Waals surface area (Å²) in [7, 11) is 0.